The Labute approximate surface area is 186 Å². The van der Waals surface area contributed by atoms with Crippen LogP contribution in [0, 0.1) is 24.2 Å². The number of ketones is 1. The summed E-state index contributed by atoms with van der Waals surface area (Å²) in [6, 6.07) is 10.0. The predicted molar refractivity (Wildman–Crippen MR) is 117 cm³/mol. The van der Waals surface area contributed by atoms with Crippen molar-refractivity contribution in [1.29, 1.82) is 5.26 Å². The summed E-state index contributed by atoms with van der Waals surface area (Å²) in [6.45, 7) is 5.26. The Balaban J connectivity index is 2.07. The maximum atomic E-state index is 13.1. The summed E-state index contributed by atoms with van der Waals surface area (Å²) in [5.74, 6) is -0.681. The Hall–Kier alpha value is -3.02. The van der Waals surface area contributed by atoms with Crippen molar-refractivity contribution in [2.24, 2.45) is 5.92 Å². The zero-order valence-electron chi connectivity index (χ0n) is 16.4. The molecule has 1 aromatic carbocycles. The number of halogens is 2. The first kappa shape index (κ1) is 21.7. The van der Waals surface area contributed by atoms with E-state index in [0.717, 1.165) is 0 Å². The van der Waals surface area contributed by atoms with Gasteiger partial charge in [-0.15, -0.1) is 0 Å². The van der Waals surface area contributed by atoms with E-state index in [1.165, 1.54) is 16.8 Å². The second-order valence-corrected chi connectivity index (χ2v) is 8.09. The average Bonchev–Trinajstić information content (AvgIpc) is 3.10. The molecule has 0 aliphatic heterocycles. The zero-order chi connectivity index (χ0) is 22.0. The molecule has 0 spiro atoms. The molecule has 0 fully saturated rings. The first-order valence-electron chi connectivity index (χ1n) is 8.99. The minimum atomic E-state index is -0.500. The lowest BCUT2D eigenvalue weighted by Gasteiger charge is -2.16. The summed E-state index contributed by atoms with van der Waals surface area (Å²) in [4.78, 5) is 30.1. The molecule has 0 bridgehead atoms. The maximum Gasteiger partial charge on any atom is 0.274 e. The van der Waals surface area contributed by atoms with Gasteiger partial charge in [-0.1, -0.05) is 25.4 Å². The molecule has 1 amide bonds. The number of aromatic nitrogens is 3. The topological polar surface area (TPSA) is 101 Å². The van der Waals surface area contributed by atoms with E-state index in [4.69, 9.17) is 11.6 Å². The highest BCUT2D eigenvalue weighted by Crippen LogP contribution is 2.27. The number of nitriles is 1. The van der Waals surface area contributed by atoms with Crippen LogP contribution in [-0.2, 0) is 0 Å². The number of hydrogen-bond acceptors (Lipinski definition) is 5. The molecule has 152 valence electrons. The summed E-state index contributed by atoms with van der Waals surface area (Å²) in [6.07, 6.45) is 1.54. The second-order valence-electron chi connectivity index (χ2n) is 6.87. The molecular formula is C21H17BrClN5O2. The van der Waals surface area contributed by atoms with Crippen LogP contribution >= 0.6 is 27.5 Å². The van der Waals surface area contributed by atoms with Gasteiger partial charge in [0.15, 0.2) is 11.6 Å². The van der Waals surface area contributed by atoms with Crippen molar-refractivity contribution < 1.29 is 9.59 Å². The molecule has 2 aromatic heterocycles. The fraction of sp³-hybridized carbons (Fsp3) is 0.190. The number of hydrogen-bond donors (Lipinski definition) is 1. The summed E-state index contributed by atoms with van der Waals surface area (Å²) in [5, 5.41) is 16.6. The standard InChI is InChI=1S/C21H17BrClN5O2/c1-11(2)19(29)14-8-13(10-24)7-12(3)18(14)26-21(30)16-9-17(22)27-28(16)20-15(23)5-4-6-25-20/h4-9,11H,1-3H3,(H,26,30). The predicted octanol–water partition coefficient (Wildman–Crippen LogP) is 4.95. The molecule has 9 heteroatoms. The molecular weight excluding hydrogens is 470 g/mol. The van der Waals surface area contributed by atoms with E-state index in [1.807, 2.05) is 6.07 Å². The first-order valence-corrected chi connectivity index (χ1v) is 10.2. The fourth-order valence-corrected chi connectivity index (χ4v) is 3.49. The normalized spacial score (nSPS) is 10.7. The molecule has 0 aliphatic carbocycles. The van der Waals surface area contributed by atoms with Gasteiger partial charge in [0.1, 0.15) is 10.3 Å². The number of benzene rings is 1. The van der Waals surface area contributed by atoms with Crippen LogP contribution in [0.25, 0.3) is 5.82 Å². The molecule has 7 nitrogen and oxygen atoms in total. The third-order valence-electron chi connectivity index (χ3n) is 4.34. The Morgan fingerprint density at radius 3 is 2.67 bits per heavy atom. The number of pyridine rings is 1. The Bertz CT molecular complexity index is 1200. The van der Waals surface area contributed by atoms with E-state index in [-0.39, 0.29) is 23.0 Å². The van der Waals surface area contributed by atoms with Crippen LogP contribution in [0.4, 0.5) is 5.69 Å². The van der Waals surface area contributed by atoms with Crippen LogP contribution in [0.1, 0.15) is 45.8 Å². The van der Waals surface area contributed by atoms with Gasteiger partial charge in [-0.3, -0.25) is 9.59 Å². The van der Waals surface area contributed by atoms with Crippen LogP contribution in [0.15, 0.2) is 41.1 Å². The number of anilines is 1. The highest BCUT2D eigenvalue weighted by Gasteiger charge is 2.23. The van der Waals surface area contributed by atoms with Crippen molar-refractivity contribution in [2.75, 3.05) is 5.32 Å². The third kappa shape index (κ3) is 4.27. The quantitative estimate of drug-likeness (QED) is 0.514. The van der Waals surface area contributed by atoms with Gasteiger partial charge in [0, 0.05) is 23.7 Å². The minimum absolute atomic E-state index is 0.173. The average molecular weight is 487 g/mol. The van der Waals surface area contributed by atoms with Crippen molar-refractivity contribution in [2.45, 2.75) is 20.8 Å². The lowest BCUT2D eigenvalue weighted by Crippen LogP contribution is -2.21. The van der Waals surface area contributed by atoms with Gasteiger partial charge in [-0.2, -0.15) is 10.4 Å². The van der Waals surface area contributed by atoms with Gasteiger partial charge < -0.3 is 5.32 Å². The molecule has 0 atom stereocenters. The van der Waals surface area contributed by atoms with Crippen LogP contribution in [-0.4, -0.2) is 26.5 Å². The fourth-order valence-electron chi connectivity index (χ4n) is 2.91. The third-order valence-corrected chi connectivity index (χ3v) is 5.03. The van der Waals surface area contributed by atoms with Gasteiger partial charge in [0.05, 0.1) is 22.3 Å². The Morgan fingerprint density at radius 2 is 2.03 bits per heavy atom. The zero-order valence-corrected chi connectivity index (χ0v) is 18.7. The van der Waals surface area contributed by atoms with E-state index < -0.39 is 5.91 Å². The monoisotopic (exact) mass is 485 g/mol. The van der Waals surface area contributed by atoms with E-state index in [9.17, 15) is 14.9 Å². The van der Waals surface area contributed by atoms with E-state index in [2.05, 4.69) is 31.3 Å². The molecule has 1 N–H and O–H groups in total. The second kappa shape index (κ2) is 8.78. The van der Waals surface area contributed by atoms with Crippen LogP contribution < -0.4 is 5.32 Å². The van der Waals surface area contributed by atoms with Crippen molar-refractivity contribution in [1.82, 2.24) is 14.8 Å². The number of Topliss-reactive ketones (excluding diaryl/α,β-unsaturated/α-hetero) is 1. The number of nitrogens with one attached hydrogen (secondary N) is 1. The molecule has 2 heterocycles. The Kier molecular flexibility index (Phi) is 6.34. The van der Waals surface area contributed by atoms with E-state index in [0.29, 0.717) is 32.3 Å². The van der Waals surface area contributed by atoms with Crippen molar-refractivity contribution >= 4 is 44.9 Å². The highest BCUT2D eigenvalue weighted by atomic mass is 79.9. The van der Waals surface area contributed by atoms with Crippen molar-refractivity contribution in [3.05, 3.63) is 68.5 Å². The lowest BCUT2D eigenvalue weighted by molar-refractivity contribution is 0.0940. The number of carbonyl (C=O) groups is 2. The number of carbonyl (C=O) groups excluding carboxylic acids is 2. The highest BCUT2D eigenvalue weighted by molar-refractivity contribution is 9.10. The Morgan fingerprint density at radius 1 is 1.30 bits per heavy atom. The summed E-state index contributed by atoms with van der Waals surface area (Å²) < 4.78 is 1.74. The van der Waals surface area contributed by atoms with Gasteiger partial charge in [-0.05, 0) is 52.7 Å². The van der Waals surface area contributed by atoms with Crippen LogP contribution in [0.3, 0.4) is 0 Å². The summed E-state index contributed by atoms with van der Waals surface area (Å²) >= 11 is 9.50. The SMILES string of the molecule is Cc1cc(C#N)cc(C(=O)C(C)C)c1NC(=O)c1cc(Br)nn1-c1ncccc1Cl. The molecule has 30 heavy (non-hydrogen) atoms. The minimum Gasteiger partial charge on any atom is -0.320 e. The molecule has 0 saturated carbocycles. The lowest BCUT2D eigenvalue weighted by atomic mass is 9.95. The number of aryl methyl sites for hydroxylation is 1. The maximum absolute atomic E-state index is 13.1. The molecule has 0 saturated heterocycles. The van der Waals surface area contributed by atoms with Gasteiger partial charge in [0.2, 0.25) is 0 Å². The van der Waals surface area contributed by atoms with E-state index in [1.54, 1.807) is 45.2 Å². The molecule has 0 aliphatic rings. The molecule has 3 rings (SSSR count). The molecule has 3 aromatic rings. The van der Waals surface area contributed by atoms with Gasteiger partial charge >= 0.3 is 0 Å². The summed E-state index contributed by atoms with van der Waals surface area (Å²) in [7, 11) is 0. The van der Waals surface area contributed by atoms with Gasteiger partial charge in [0.25, 0.3) is 5.91 Å². The van der Waals surface area contributed by atoms with Crippen LogP contribution in [0.2, 0.25) is 5.02 Å². The number of amides is 1. The van der Waals surface area contributed by atoms with Crippen molar-refractivity contribution in [3.63, 3.8) is 0 Å². The first-order chi connectivity index (χ1) is 14.2. The number of nitrogens with zero attached hydrogens (tertiary/aromatic N) is 4. The van der Waals surface area contributed by atoms with Crippen LogP contribution in [0.5, 0.6) is 0 Å². The molecule has 0 unspecified atom stereocenters. The van der Waals surface area contributed by atoms with Crippen molar-refractivity contribution in [3.8, 4) is 11.9 Å². The largest absolute Gasteiger partial charge is 0.320 e. The summed E-state index contributed by atoms with van der Waals surface area (Å²) in [5.41, 5.74) is 1.77. The van der Waals surface area contributed by atoms with Gasteiger partial charge in [-0.25, -0.2) is 9.67 Å². The smallest absolute Gasteiger partial charge is 0.274 e. The molecule has 0 radical (unpaired) electrons. The number of rotatable bonds is 5. The van der Waals surface area contributed by atoms with E-state index >= 15 is 0 Å².